The third-order valence-electron chi connectivity index (χ3n) is 6.97. The first-order valence-electron chi connectivity index (χ1n) is 11.6. The predicted octanol–water partition coefficient (Wildman–Crippen LogP) is 6.33. The highest BCUT2D eigenvalue weighted by Gasteiger charge is 2.31. The van der Waals surface area contributed by atoms with Gasteiger partial charge >= 0.3 is 0 Å². The quantitative estimate of drug-likeness (QED) is 0.606. The van der Waals surface area contributed by atoms with E-state index in [1.165, 1.54) is 94.9 Å². The van der Waals surface area contributed by atoms with Crippen molar-refractivity contribution in [3.05, 3.63) is 15.6 Å². The molecule has 0 spiro atoms. The van der Waals surface area contributed by atoms with Gasteiger partial charge in [0.15, 0.2) is 0 Å². The lowest BCUT2D eigenvalue weighted by Gasteiger charge is -2.31. The summed E-state index contributed by atoms with van der Waals surface area (Å²) in [5, 5.41) is 1.27. The zero-order valence-electron chi connectivity index (χ0n) is 16.9. The molecule has 150 valence electrons. The lowest BCUT2D eigenvalue weighted by atomic mass is 9.88. The SMILES string of the molecule is O=C1c2sc(C3CCCCCCCCC3)nc2CCN1CC1CCCCC1. The molecule has 0 saturated heterocycles. The maximum atomic E-state index is 13.1. The highest BCUT2D eigenvalue weighted by Crippen LogP contribution is 2.36. The second-order valence-corrected chi connectivity index (χ2v) is 10.1. The lowest BCUT2D eigenvalue weighted by molar-refractivity contribution is 0.0701. The fourth-order valence-corrected chi connectivity index (χ4v) is 6.53. The van der Waals surface area contributed by atoms with Crippen molar-refractivity contribution >= 4 is 17.2 Å². The van der Waals surface area contributed by atoms with Crippen LogP contribution in [0.2, 0.25) is 0 Å². The van der Waals surface area contributed by atoms with Crippen molar-refractivity contribution in [2.75, 3.05) is 13.1 Å². The van der Waals surface area contributed by atoms with Gasteiger partial charge in [0.25, 0.3) is 5.91 Å². The van der Waals surface area contributed by atoms with Crippen molar-refractivity contribution in [2.45, 2.75) is 102 Å². The van der Waals surface area contributed by atoms with E-state index >= 15 is 0 Å². The van der Waals surface area contributed by atoms with Crippen molar-refractivity contribution in [1.29, 1.82) is 0 Å². The summed E-state index contributed by atoms with van der Waals surface area (Å²) < 4.78 is 0. The van der Waals surface area contributed by atoms with Crippen LogP contribution in [0.4, 0.5) is 0 Å². The topological polar surface area (TPSA) is 33.2 Å². The van der Waals surface area contributed by atoms with Crippen LogP contribution in [0.3, 0.4) is 0 Å². The van der Waals surface area contributed by atoms with Crippen LogP contribution in [0.1, 0.15) is 116 Å². The first-order valence-corrected chi connectivity index (χ1v) is 12.4. The van der Waals surface area contributed by atoms with Gasteiger partial charge in [-0.25, -0.2) is 4.98 Å². The van der Waals surface area contributed by atoms with Gasteiger partial charge in [-0.2, -0.15) is 0 Å². The molecule has 3 aliphatic rings. The van der Waals surface area contributed by atoms with Gasteiger partial charge in [0.05, 0.1) is 10.7 Å². The number of aromatic nitrogens is 1. The van der Waals surface area contributed by atoms with E-state index in [4.69, 9.17) is 4.98 Å². The monoisotopic (exact) mass is 388 g/mol. The fraction of sp³-hybridized carbons (Fsp3) is 0.826. The number of carbonyl (C=O) groups excluding carboxylic acids is 1. The van der Waals surface area contributed by atoms with E-state index in [0.29, 0.717) is 5.92 Å². The molecule has 2 heterocycles. The summed E-state index contributed by atoms with van der Waals surface area (Å²) in [5.41, 5.74) is 1.11. The molecule has 0 unspecified atom stereocenters. The van der Waals surface area contributed by atoms with E-state index in [2.05, 4.69) is 4.90 Å². The van der Waals surface area contributed by atoms with E-state index < -0.39 is 0 Å². The number of carbonyl (C=O) groups is 1. The Balaban J connectivity index is 1.42. The summed E-state index contributed by atoms with van der Waals surface area (Å²) in [6.45, 7) is 1.87. The van der Waals surface area contributed by atoms with Crippen molar-refractivity contribution in [3.8, 4) is 0 Å². The average molecular weight is 389 g/mol. The van der Waals surface area contributed by atoms with Crippen molar-refractivity contribution in [1.82, 2.24) is 9.88 Å². The first kappa shape index (κ1) is 19.4. The first-order chi connectivity index (χ1) is 13.3. The predicted molar refractivity (Wildman–Crippen MR) is 113 cm³/mol. The van der Waals surface area contributed by atoms with E-state index in [9.17, 15) is 4.79 Å². The second kappa shape index (κ2) is 9.54. The van der Waals surface area contributed by atoms with Crippen LogP contribution in [0.25, 0.3) is 0 Å². The van der Waals surface area contributed by atoms with Gasteiger partial charge in [-0.05, 0) is 31.6 Å². The zero-order chi connectivity index (χ0) is 18.5. The number of nitrogens with zero attached hydrogens (tertiary/aromatic N) is 2. The van der Waals surface area contributed by atoms with Crippen LogP contribution < -0.4 is 0 Å². The molecule has 0 atom stereocenters. The number of rotatable bonds is 3. The van der Waals surface area contributed by atoms with Crippen LogP contribution in [0.5, 0.6) is 0 Å². The van der Waals surface area contributed by atoms with E-state index in [0.717, 1.165) is 36.0 Å². The molecule has 2 fully saturated rings. The molecular weight excluding hydrogens is 352 g/mol. The molecule has 1 aliphatic heterocycles. The number of amides is 1. The Kier molecular flexibility index (Phi) is 6.86. The maximum absolute atomic E-state index is 13.1. The van der Waals surface area contributed by atoms with Crippen LogP contribution in [-0.2, 0) is 6.42 Å². The second-order valence-electron chi connectivity index (χ2n) is 9.08. The largest absolute Gasteiger partial charge is 0.337 e. The Hall–Kier alpha value is -0.900. The fourth-order valence-electron chi connectivity index (χ4n) is 5.28. The minimum atomic E-state index is 0.283. The molecule has 0 N–H and O–H groups in total. The molecule has 0 bridgehead atoms. The molecule has 3 nitrogen and oxygen atoms in total. The van der Waals surface area contributed by atoms with Gasteiger partial charge in [-0.1, -0.05) is 64.2 Å². The zero-order valence-corrected chi connectivity index (χ0v) is 17.7. The Morgan fingerprint density at radius 1 is 0.852 bits per heavy atom. The van der Waals surface area contributed by atoms with Crippen LogP contribution >= 0.6 is 11.3 Å². The molecule has 2 aliphatic carbocycles. The van der Waals surface area contributed by atoms with Crippen LogP contribution in [0, 0.1) is 5.92 Å². The summed E-state index contributed by atoms with van der Waals surface area (Å²) in [5.74, 6) is 1.61. The molecule has 27 heavy (non-hydrogen) atoms. The van der Waals surface area contributed by atoms with Gasteiger partial charge in [-0.15, -0.1) is 11.3 Å². The van der Waals surface area contributed by atoms with Gasteiger partial charge in [-0.3, -0.25) is 4.79 Å². The lowest BCUT2D eigenvalue weighted by Crippen LogP contribution is -2.40. The normalized spacial score (nSPS) is 24.0. The average Bonchev–Trinajstić information content (AvgIpc) is 3.14. The number of hydrogen-bond acceptors (Lipinski definition) is 3. The number of hydrogen-bond donors (Lipinski definition) is 0. The van der Waals surface area contributed by atoms with E-state index in [1.807, 2.05) is 0 Å². The molecule has 4 heteroatoms. The number of fused-ring (bicyclic) bond motifs is 1. The van der Waals surface area contributed by atoms with Crippen molar-refractivity contribution in [3.63, 3.8) is 0 Å². The third-order valence-corrected chi connectivity index (χ3v) is 8.22. The standard InChI is InChI=1S/C23H36N2OS/c26-23-21-20(15-16-25(23)17-18-11-7-6-8-12-18)24-22(27-21)19-13-9-4-2-1-3-5-10-14-19/h18-19H,1-17H2. The maximum Gasteiger partial charge on any atom is 0.265 e. The van der Waals surface area contributed by atoms with E-state index in [-0.39, 0.29) is 5.91 Å². The molecule has 1 aromatic rings. The Morgan fingerprint density at radius 2 is 1.44 bits per heavy atom. The molecule has 4 rings (SSSR count). The Bertz CT molecular complexity index is 610. The Labute approximate surface area is 168 Å². The third kappa shape index (κ3) is 4.93. The Morgan fingerprint density at radius 3 is 2.15 bits per heavy atom. The van der Waals surface area contributed by atoms with Crippen LogP contribution in [0.15, 0.2) is 0 Å². The highest BCUT2D eigenvalue weighted by molar-refractivity contribution is 7.13. The molecule has 1 aromatic heterocycles. The van der Waals surface area contributed by atoms with Gasteiger partial charge in [0.2, 0.25) is 0 Å². The van der Waals surface area contributed by atoms with Gasteiger partial charge in [0, 0.05) is 25.4 Å². The smallest absolute Gasteiger partial charge is 0.265 e. The summed E-state index contributed by atoms with van der Waals surface area (Å²) in [6, 6.07) is 0. The minimum absolute atomic E-state index is 0.283. The summed E-state index contributed by atoms with van der Waals surface area (Å²) in [4.78, 5) is 21.2. The van der Waals surface area contributed by atoms with Gasteiger partial charge < -0.3 is 4.90 Å². The van der Waals surface area contributed by atoms with Gasteiger partial charge in [0.1, 0.15) is 4.88 Å². The van der Waals surface area contributed by atoms with Crippen molar-refractivity contribution in [2.24, 2.45) is 5.92 Å². The van der Waals surface area contributed by atoms with Crippen molar-refractivity contribution < 1.29 is 4.79 Å². The molecule has 0 radical (unpaired) electrons. The summed E-state index contributed by atoms with van der Waals surface area (Å²) in [6.07, 6.45) is 19.8. The minimum Gasteiger partial charge on any atom is -0.337 e. The highest BCUT2D eigenvalue weighted by atomic mass is 32.1. The molecular formula is C23H36N2OS. The van der Waals surface area contributed by atoms with Crippen LogP contribution in [-0.4, -0.2) is 28.9 Å². The molecule has 1 amide bonds. The summed E-state index contributed by atoms with van der Waals surface area (Å²) >= 11 is 1.74. The van der Waals surface area contributed by atoms with E-state index in [1.54, 1.807) is 11.3 Å². The molecule has 2 saturated carbocycles. The number of thiazole rings is 1. The summed E-state index contributed by atoms with van der Waals surface area (Å²) in [7, 11) is 0. The molecule has 0 aromatic carbocycles.